The highest BCUT2D eigenvalue weighted by molar-refractivity contribution is 4.99. The summed E-state index contributed by atoms with van der Waals surface area (Å²) in [6, 6.07) is 0. The highest BCUT2D eigenvalue weighted by atomic mass is 19.4. The second-order valence-corrected chi connectivity index (χ2v) is 2.97. The van der Waals surface area contributed by atoms with Gasteiger partial charge in [-0.2, -0.15) is 36.0 Å². The third kappa shape index (κ3) is 32.4. The zero-order valence-corrected chi connectivity index (χ0v) is 13.5. The largest absolute Gasteiger partial charge is 0.414 e. The van der Waals surface area contributed by atoms with E-state index in [1.807, 2.05) is 4.94 Å². The lowest BCUT2D eigenvalue weighted by Crippen LogP contribution is -2.22. The Morgan fingerprint density at radius 3 is 1.48 bits per heavy atom. The fraction of sp³-hybridized carbons (Fsp3) is 0.727. The summed E-state index contributed by atoms with van der Waals surface area (Å²) in [4.78, 5) is 1.88. The zero-order valence-electron chi connectivity index (χ0n) is 13.5. The normalized spacial score (nSPS) is 9.41. The molecular weight excluding hydrogens is 425 g/mol. The van der Waals surface area contributed by atoms with Gasteiger partial charge in [0.2, 0.25) is 6.93 Å². The molecule has 27 heavy (non-hydrogen) atoms. The van der Waals surface area contributed by atoms with Crippen molar-refractivity contribution in [1.29, 1.82) is 5.26 Å². The zero-order chi connectivity index (χ0) is 23.1. The first kappa shape index (κ1) is 36.2. The van der Waals surface area contributed by atoms with Gasteiger partial charge in [-0.15, -0.1) is 9.33 Å². The molecule has 0 rings (SSSR count). The first-order valence-corrected chi connectivity index (χ1v) is 5.83. The van der Waals surface area contributed by atoms with Gasteiger partial charge in [0, 0.05) is 0 Å². The maximum atomic E-state index is 12.1. The van der Waals surface area contributed by atoms with E-state index in [2.05, 4.69) is 4.74 Å². The Balaban J connectivity index is -0.0000000909. The number of hydrogen-bond donors (Lipinski definition) is 0. The van der Waals surface area contributed by atoms with Crippen molar-refractivity contribution in [3.8, 4) is 6.32 Å². The molecular formula is C11H14F13NO2. The topological polar surface area (TPSA) is 42.2 Å². The van der Waals surface area contributed by atoms with Crippen molar-refractivity contribution in [1.82, 2.24) is 0 Å². The van der Waals surface area contributed by atoms with Gasteiger partial charge >= 0.3 is 18.3 Å². The molecule has 0 bridgehead atoms. The van der Waals surface area contributed by atoms with Crippen LogP contribution in [-0.4, -0.2) is 39.6 Å². The average molecular weight is 439 g/mol. The molecule has 0 saturated heterocycles. The molecule has 0 saturated carbocycles. The molecule has 0 aliphatic rings. The summed E-state index contributed by atoms with van der Waals surface area (Å²) in [6.07, 6.45) is -11.4. The van der Waals surface area contributed by atoms with Gasteiger partial charge in [0.25, 0.3) is 12.1 Å². The summed E-state index contributed by atoms with van der Waals surface area (Å²) in [7, 11) is 0.500. The molecule has 0 aliphatic carbocycles. The Morgan fingerprint density at radius 1 is 1.00 bits per heavy atom. The molecule has 0 fully saturated rings. The fourth-order valence-electron chi connectivity index (χ4n) is 0.424. The highest BCUT2D eigenvalue weighted by Gasteiger charge is 2.40. The quantitative estimate of drug-likeness (QED) is 0.448. The Kier molecular flexibility index (Phi) is 32.5. The van der Waals surface area contributed by atoms with Gasteiger partial charge in [0.15, 0.2) is 6.67 Å². The molecule has 0 amide bonds. The fourth-order valence-corrected chi connectivity index (χ4v) is 0.424. The Bertz CT molecular complexity index is 364. The van der Waals surface area contributed by atoms with E-state index in [0.717, 1.165) is 0 Å². The van der Waals surface area contributed by atoms with E-state index >= 15 is 0 Å². The molecule has 0 atom stereocenters. The summed E-state index contributed by atoms with van der Waals surface area (Å²) in [5.74, 6) is -2.82. The number of nitriles is 1. The van der Waals surface area contributed by atoms with E-state index in [1.165, 1.54) is 6.92 Å². The van der Waals surface area contributed by atoms with E-state index in [9.17, 15) is 57.2 Å². The van der Waals surface area contributed by atoms with Gasteiger partial charge in [-0.25, -0.2) is 13.2 Å². The van der Waals surface area contributed by atoms with Crippen LogP contribution < -0.4 is 0 Å². The van der Waals surface area contributed by atoms with Crippen LogP contribution in [0.3, 0.4) is 0 Å². The number of alkyl halides is 8. The molecule has 166 valence electrons. The van der Waals surface area contributed by atoms with Crippen LogP contribution in [-0.2, 0) is 9.68 Å². The molecule has 0 aromatic heterocycles. The molecule has 0 N–H and O–H groups in total. The van der Waals surface area contributed by atoms with Crippen LogP contribution in [0.2, 0.25) is 0 Å². The number of hydrogen-bond acceptors (Lipinski definition) is 3. The van der Waals surface area contributed by atoms with E-state index in [0.29, 0.717) is 7.18 Å². The molecule has 3 nitrogen and oxygen atoms in total. The standard InChI is InChI=1S/C6H7F5O.C2H2F4O.CH2F2.CFN.CH3F/c1-2-3-12-6(10,11)4(7)5(8)9;3-1-2(4,5)7-6;2*2-1-3;1-2/h2-3H2,1H3;1H2;1H2;;1H3. The van der Waals surface area contributed by atoms with Crippen LogP contribution in [0.25, 0.3) is 0 Å². The summed E-state index contributed by atoms with van der Waals surface area (Å²) >= 11 is 0. The van der Waals surface area contributed by atoms with Gasteiger partial charge in [-0.3, -0.25) is 4.39 Å². The van der Waals surface area contributed by atoms with Crippen LogP contribution in [0.15, 0.2) is 11.9 Å². The minimum Gasteiger partial charge on any atom is -0.315 e. The van der Waals surface area contributed by atoms with Crippen molar-refractivity contribution in [2.45, 2.75) is 25.6 Å². The molecule has 0 heterocycles. The van der Waals surface area contributed by atoms with E-state index in [4.69, 9.17) is 5.26 Å². The minimum atomic E-state index is -4.51. The average Bonchev–Trinajstić information content (AvgIpc) is 2.63. The third-order valence-electron chi connectivity index (χ3n) is 1.18. The van der Waals surface area contributed by atoms with Gasteiger partial charge in [-0.05, 0) is 10.9 Å². The highest BCUT2D eigenvalue weighted by Crippen LogP contribution is 2.30. The lowest BCUT2D eigenvalue weighted by molar-refractivity contribution is -0.357. The first-order chi connectivity index (χ1) is 12.4. The minimum absolute atomic E-state index is 0.191. The second-order valence-electron chi connectivity index (χ2n) is 2.97. The molecule has 0 aliphatic heterocycles. The summed E-state index contributed by atoms with van der Waals surface area (Å²) in [5, 5.41) is 6.65. The van der Waals surface area contributed by atoms with E-state index in [1.54, 1.807) is 0 Å². The Hall–Kier alpha value is -1.76. The van der Waals surface area contributed by atoms with Crippen LogP contribution in [0.4, 0.5) is 57.2 Å². The van der Waals surface area contributed by atoms with E-state index in [-0.39, 0.29) is 12.7 Å². The lowest BCUT2D eigenvalue weighted by atomic mass is 10.5. The molecule has 0 spiro atoms. The third-order valence-corrected chi connectivity index (χ3v) is 1.18. The van der Waals surface area contributed by atoms with Crippen LogP contribution in [0.5, 0.6) is 0 Å². The Labute approximate surface area is 144 Å². The van der Waals surface area contributed by atoms with Crippen LogP contribution >= 0.6 is 0 Å². The molecule has 0 aromatic carbocycles. The summed E-state index contributed by atoms with van der Waals surface area (Å²) < 4.78 is 143. The molecule has 0 unspecified atom stereocenters. The van der Waals surface area contributed by atoms with Gasteiger partial charge in [-0.1, -0.05) is 6.92 Å². The predicted molar refractivity (Wildman–Crippen MR) is 65.5 cm³/mol. The van der Waals surface area contributed by atoms with Crippen LogP contribution in [0, 0.1) is 11.6 Å². The maximum Gasteiger partial charge on any atom is 0.414 e. The first-order valence-electron chi connectivity index (χ1n) is 5.83. The van der Waals surface area contributed by atoms with Gasteiger partial charge in [0.1, 0.15) is 0 Å². The van der Waals surface area contributed by atoms with Crippen molar-refractivity contribution in [2.75, 3.05) is 27.4 Å². The lowest BCUT2D eigenvalue weighted by Gasteiger charge is -2.12. The van der Waals surface area contributed by atoms with Crippen molar-refractivity contribution in [3.63, 3.8) is 0 Å². The van der Waals surface area contributed by atoms with E-state index < -0.39 is 44.3 Å². The maximum absolute atomic E-state index is 12.1. The molecule has 0 radical (unpaired) electrons. The van der Waals surface area contributed by atoms with Crippen molar-refractivity contribution >= 4 is 0 Å². The predicted octanol–water partition coefficient (Wildman–Crippen LogP) is 6.44. The van der Waals surface area contributed by atoms with Crippen molar-refractivity contribution in [2.24, 2.45) is 0 Å². The summed E-state index contributed by atoms with van der Waals surface area (Å²) in [5.41, 5.74) is 0. The number of ether oxygens (including phenoxy) is 1. The Morgan fingerprint density at radius 2 is 1.33 bits per heavy atom. The SMILES string of the molecule is CCCOC(F)(F)C(F)=C(F)F.CF.FCC(F)(F)OF.FCF.N#CF. The van der Waals surface area contributed by atoms with Gasteiger partial charge < -0.3 is 4.74 Å². The smallest absolute Gasteiger partial charge is 0.315 e. The monoisotopic (exact) mass is 439 g/mol. The van der Waals surface area contributed by atoms with Crippen molar-refractivity contribution in [3.05, 3.63) is 11.9 Å². The number of rotatable bonds is 6. The van der Waals surface area contributed by atoms with Crippen LogP contribution in [0.1, 0.15) is 13.3 Å². The molecule has 16 heteroatoms. The van der Waals surface area contributed by atoms with Crippen molar-refractivity contribution < 1.29 is 66.9 Å². The van der Waals surface area contributed by atoms with Gasteiger partial charge in [0.05, 0.1) is 13.8 Å². The summed E-state index contributed by atoms with van der Waals surface area (Å²) in [6.45, 7) is -2.87. The number of halogens is 13. The molecule has 0 aromatic rings. The second kappa shape index (κ2) is 24.2. The number of nitrogens with zero attached hydrogens (tertiary/aromatic N) is 1.